The van der Waals surface area contributed by atoms with E-state index in [2.05, 4.69) is 10.00 Å². The zero-order chi connectivity index (χ0) is 24.0. The van der Waals surface area contributed by atoms with Crippen LogP contribution in [0.15, 0.2) is 48.5 Å². The van der Waals surface area contributed by atoms with Crippen molar-refractivity contribution in [3.05, 3.63) is 59.9 Å². The van der Waals surface area contributed by atoms with E-state index >= 15 is 0 Å². The van der Waals surface area contributed by atoms with Gasteiger partial charge >= 0.3 is 6.09 Å². The lowest BCUT2D eigenvalue weighted by Gasteiger charge is -2.45. The number of fused-ring (bicyclic) bond motifs is 3. The van der Waals surface area contributed by atoms with Gasteiger partial charge in [0.15, 0.2) is 5.78 Å². The number of anilines is 1. The fourth-order valence-electron chi connectivity index (χ4n) is 5.00. The molecule has 8 heteroatoms. The number of hydrogen-bond donors (Lipinski definition) is 0. The largest absolute Gasteiger partial charge is 0.444 e. The van der Waals surface area contributed by atoms with E-state index in [-0.39, 0.29) is 30.3 Å². The van der Waals surface area contributed by atoms with Gasteiger partial charge in [0.05, 0.1) is 5.52 Å². The normalized spacial score (nSPS) is 19.4. The third kappa shape index (κ3) is 4.13. The lowest BCUT2D eigenvalue weighted by Crippen LogP contribution is -2.53. The number of nitrogens with zero attached hydrogens (tertiary/aromatic N) is 4. The van der Waals surface area contributed by atoms with Gasteiger partial charge in [-0.2, -0.15) is 5.10 Å². The molecule has 5 rings (SSSR count). The summed E-state index contributed by atoms with van der Waals surface area (Å²) in [6.07, 6.45) is 1.01. The van der Waals surface area contributed by atoms with Gasteiger partial charge in [-0.25, -0.2) is 13.9 Å². The van der Waals surface area contributed by atoms with E-state index in [1.165, 1.54) is 12.1 Å². The Morgan fingerprint density at radius 2 is 1.79 bits per heavy atom. The first-order valence-corrected chi connectivity index (χ1v) is 11.7. The molecule has 0 bridgehead atoms. The van der Waals surface area contributed by atoms with Crippen LogP contribution in [0.4, 0.5) is 15.0 Å². The molecule has 0 saturated carbocycles. The molecule has 1 unspecified atom stereocenters. The Morgan fingerprint density at radius 3 is 2.47 bits per heavy atom. The molecule has 2 aliphatic heterocycles. The van der Waals surface area contributed by atoms with E-state index in [0.717, 1.165) is 11.4 Å². The van der Waals surface area contributed by atoms with Gasteiger partial charge in [0.1, 0.15) is 29.8 Å². The molecule has 0 spiro atoms. The van der Waals surface area contributed by atoms with E-state index in [4.69, 9.17) is 4.74 Å². The standard InChI is InChI=1S/C26H29FN4O3/c1-26(2,3)34-25(33)29-13-11-19(12-14-29)31-23(17-7-5-4-6-8-17)22(32)16-30-24(31)20-15-18(27)9-10-21(20)28-30/h4-10,15,19,23H,11-14,16H2,1-3H3. The number of hydrogen-bond acceptors (Lipinski definition) is 5. The summed E-state index contributed by atoms with van der Waals surface area (Å²) in [6, 6.07) is 13.7. The first-order chi connectivity index (χ1) is 16.2. The van der Waals surface area contributed by atoms with Crippen molar-refractivity contribution in [2.24, 2.45) is 0 Å². The van der Waals surface area contributed by atoms with Gasteiger partial charge in [0.2, 0.25) is 0 Å². The number of aromatic nitrogens is 2. The van der Waals surface area contributed by atoms with Gasteiger partial charge in [-0.1, -0.05) is 30.3 Å². The van der Waals surface area contributed by atoms with Crippen molar-refractivity contribution in [2.45, 2.75) is 57.8 Å². The zero-order valence-electron chi connectivity index (χ0n) is 19.7. The van der Waals surface area contributed by atoms with Gasteiger partial charge in [0.25, 0.3) is 0 Å². The topological polar surface area (TPSA) is 67.7 Å². The van der Waals surface area contributed by atoms with Crippen molar-refractivity contribution in [3.63, 3.8) is 0 Å². The first-order valence-electron chi connectivity index (χ1n) is 11.7. The second-order valence-electron chi connectivity index (χ2n) is 10.0. The predicted molar refractivity (Wildman–Crippen MR) is 127 cm³/mol. The lowest BCUT2D eigenvalue weighted by atomic mass is 9.93. The summed E-state index contributed by atoms with van der Waals surface area (Å²) in [5.74, 6) is 0.469. The van der Waals surface area contributed by atoms with Crippen molar-refractivity contribution in [2.75, 3.05) is 18.0 Å². The lowest BCUT2D eigenvalue weighted by molar-refractivity contribution is -0.122. The molecule has 0 aliphatic carbocycles. The third-order valence-electron chi connectivity index (χ3n) is 6.43. The smallest absolute Gasteiger partial charge is 0.410 e. The quantitative estimate of drug-likeness (QED) is 0.550. The minimum atomic E-state index is -0.554. The Kier molecular flexibility index (Phi) is 5.54. The van der Waals surface area contributed by atoms with Crippen LogP contribution in [0.5, 0.6) is 0 Å². The minimum absolute atomic E-state index is 0.0185. The highest BCUT2D eigenvalue weighted by atomic mass is 19.1. The molecule has 1 amide bonds. The Bertz CT molecular complexity index is 1230. The number of rotatable bonds is 2. The summed E-state index contributed by atoms with van der Waals surface area (Å²) >= 11 is 0. The average molecular weight is 465 g/mol. The third-order valence-corrected chi connectivity index (χ3v) is 6.43. The van der Waals surface area contributed by atoms with Gasteiger partial charge < -0.3 is 14.5 Å². The van der Waals surface area contributed by atoms with Gasteiger partial charge in [-0.05, 0) is 57.4 Å². The van der Waals surface area contributed by atoms with Crippen LogP contribution in [-0.2, 0) is 16.1 Å². The highest BCUT2D eigenvalue weighted by Crippen LogP contribution is 2.41. The van der Waals surface area contributed by atoms with Crippen LogP contribution < -0.4 is 4.90 Å². The SMILES string of the molecule is CC(C)(C)OC(=O)N1CCC(N2c3c4cc(F)ccc4nn3CC(=O)C2c2ccccc2)CC1. The molecular formula is C26H29FN4O3. The number of carbonyl (C=O) groups excluding carboxylic acids is 2. The summed E-state index contributed by atoms with van der Waals surface area (Å²) in [7, 11) is 0. The summed E-state index contributed by atoms with van der Waals surface area (Å²) in [4.78, 5) is 29.8. The van der Waals surface area contributed by atoms with E-state index in [9.17, 15) is 14.0 Å². The Morgan fingerprint density at radius 1 is 1.09 bits per heavy atom. The number of piperidine rings is 1. The molecule has 0 radical (unpaired) electrons. The highest BCUT2D eigenvalue weighted by molar-refractivity contribution is 5.98. The molecule has 2 aliphatic rings. The van der Waals surface area contributed by atoms with Gasteiger partial charge in [-0.3, -0.25) is 4.79 Å². The summed E-state index contributed by atoms with van der Waals surface area (Å²) in [5, 5.41) is 5.30. The summed E-state index contributed by atoms with van der Waals surface area (Å²) < 4.78 is 21.5. The maximum Gasteiger partial charge on any atom is 0.410 e. The first kappa shape index (κ1) is 22.4. The Hall–Kier alpha value is -3.42. The molecule has 2 aromatic carbocycles. The molecule has 178 valence electrons. The number of Topliss-reactive ketones (excluding diaryl/α,β-unsaturated/α-hetero) is 1. The molecule has 34 heavy (non-hydrogen) atoms. The molecule has 1 atom stereocenters. The molecule has 3 aromatic rings. The predicted octanol–water partition coefficient (Wildman–Crippen LogP) is 4.71. The molecular weight excluding hydrogens is 435 g/mol. The summed E-state index contributed by atoms with van der Waals surface area (Å²) in [5.41, 5.74) is 1.01. The Balaban J connectivity index is 1.52. The number of likely N-dealkylation sites (tertiary alicyclic amines) is 1. The van der Waals surface area contributed by atoms with Crippen LogP contribution in [0.3, 0.4) is 0 Å². The second-order valence-corrected chi connectivity index (χ2v) is 10.0. The Labute approximate surface area is 198 Å². The van der Waals surface area contributed by atoms with Crippen molar-refractivity contribution < 1.29 is 18.7 Å². The van der Waals surface area contributed by atoms with Crippen molar-refractivity contribution in [3.8, 4) is 0 Å². The van der Waals surface area contributed by atoms with E-state index < -0.39 is 11.6 Å². The number of benzene rings is 2. The van der Waals surface area contributed by atoms with E-state index in [1.54, 1.807) is 15.6 Å². The number of carbonyl (C=O) groups is 2. The number of amides is 1. The monoisotopic (exact) mass is 464 g/mol. The summed E-state index contributed by atoms with van der Waals surface area (Å²) in [6.45, 7) is 6.74. The van der Waals surface area contributed by atoms with E-state index in [0.29, 0.717) is 36.8 Å². The molecule has 0 N–H and O–H groups in total. The second kappa shape index (κ2) is 8.42. The van der Waals surface area contributed by atoms with Crippen molar-refractivity contribution in [1.29, 1.82) is 0 Å². The fraction of sp³-hybridized carbons (Fsp3) is 0.423. The molecule has 7 nitrogen and oxygen atoms in total. The van der Waals surface area contributed by atoms with E-state index in [1.807, 2.05) is 51.1 Å². The van der Waals surface area contributed by atoms with Crippen LogP contribution in [0.25, 0.3) is 10.9 Å². The zero-order valence-corrected chi connectivity index (χ0v) is 19.7. The number of halogens is 1. The maximum absolute atomic E-state index is 14.2. The van der Waals surface area contributed by atoms with Crippen LogP contribution in [-0.4, -0.2) is 51.3 Å². The minimum Gasteiger partial charge on any atom is -0.444 e. The highest BCUT2D eigenvalue weighted by Gasteiger charge is 2.41. The van der Waals surface area contributed by atoms with Gasteiger partial charge in [0, 0.05) is 24.5 Å². The van der Waals surface area contributed by atoms with Crippen molar-refractivity contribution in [1.82, 2.24) is 14.7 Å². The fourth-order valence-corrected chi connectivity index (χ4v) is 5.00. The van der Waals surface area contributed by atoms with Crippen LogP contribution in [0.2, 0.25) is 0 Å². The van der Waals surface area contributed by atoms with Gasteiger partial charge in [-0.15, -0.1) is 0 Å². The average Bonchev–Trinajstić information content (AvgIpc) is 3.14. The molecule has 3 heterocycles. The van der Waals surface area contributed by atoms with Crippen LogP contribution >= 0.6 is 0 Å². The number of ether oxygens (including phenoxy) is 1. The maximum atomic E-state index is 14.2. The van der Waals surface area contributed by atoms with Crippen LogP contribution in [0.1, 0.15) is 45.2 Å². The molecule has 1 aromatic heterocycles. The van der Waals surface area contributed by atoms with Crippen LogP contribution in [0, 0.1) is 5.82 Å². The number of ketones is 1. The molecule has 1 saturated heterocycles. The molecule has 1 fully saturated rings. The van der Waals surface area contributed by atoms with Crippen molar-refractivity contribution >= 4 is 28.6 Å².